The van der Waals surface area contributed by atoms with Gasteiger partial charge in [-0.15, -0.1) is 0 Å². The zero-order chi connectivity index (χ0) is 20.8. The lowest BCUT2D eigenvalue weighted by atomic mass is 10.2. The van der Waals surface area contributed by atoms with Crippen molar-refractivity contribution in [2.24, 2.45) is 0 Å². The van der Waals surface area contributed by atoms with Crippen LogP contribution < -0.4 is 14.8 Å². The smallest absolute Gasteiger partial charge is 0.339 e. The Kier molecular flexibility index (Phi) is 7.38. The zero-order valence-corrected chi connectivity index (χ0v) is 16.8. The Morgan fingerprint density at radius 2 is 1.43 bits per heavy atom. The minimum Gasteiger partial charge on any atom is -0.506 e. The lowest BCUT2D eigenvalue weighted by Crippen LogP contribution is -2.39. The third-order valence-electron chi connectivity index (χ3n) is 3.68. The summed E-state index contributed by atoms with van der Waals surface area (Å²) in [5.74, 6) is -1.08. The van der Waals surface area contributed by atoms with Crippen LogP contribution in [0.5, 0.6) is 11.5 Å². The second kappa shape index (κ2) is 9.34. The fourth-order valence-corrected chi connectivity index (χ4v) is 3.76. The van der Waals surface area contributed by atoms with E-state index in [1.165, 1.54) is 12.1 Å². The molecule has 4 N–H and O–H groups in total. The van der Waals surface area contributed by atoms with Crippen LogP contribution in [0.2, 0.25) is 0 Å². The van der Waals surface area contributed by atoms with Gasteiger partial charge < -0.3 is 19.9 Å². The molecule has 0 radical (unpaired) electrons. The average molecular weight is 431 g/mol. The third-order valence-corrected chi connectivity index (χ3v) is 5.83. The largest absolute Gasteiger partial charge is 0.506 e. The maximum Gasteiger partial charge on any atom is 0.339 e. The first kappa shape index (κ1) is 22.1. The standard InChI is InChI=1S/C13H12O7S2.C4H10N2/c1-9-2-5-11(6-3-9)22(18,19)20-10-4-7-12(14)13(8-10)21(15,16)17;1-2-6-4-3-5-1/h2-8,14H,1H3,(H,15,16,17);5-6H,1-4H2. The number of phenolic OH excluding ortho intramolecular Hbond substituents is 1. The van der Waals surface area contributed by atoms with Gasteiger partial charge in [-0.05, 0) is 31.2 Å². The van der Waals surface area contributed by atoms with E-state index < -0.39 is 30.9 Å². The number of aryl methyl sites for hydroxylation is 1. The van der Waals surface area contributed by atoms with Gasteiger partial charge in [0.15, 0.2) is 0 Å². The van der Waals surface area contributed by atoms with Crippen LogP contribution in [0.4, 0.5) is 0 Å². The van der Waals surface area contributed by atoms with Crippen molar-refractivity contribution in [2.75, 3.05) is 26.2 Å². The van der Waals surface area contributed by atoms with E-state index in [1.807, 2.05) is 0 Å². The SMILES string of the molecule is C1CNCCN1.Cc1ccc(S(=O)(=O)Oc2ccc(O)c(S(=O)(=O)O)c2)cc1. The number of nitrogens with one attached hydrogen (secondary N) is 2. The number of piperazine rings is 1. The van der Waals surface area contributed by atoms with Crippen LogP contribution in [-0.2, 0) is 20.2 Å². The normalized spacial score (nSPS) is 14.6. The molecule has 1 saturated heterocycles. The number of phenols is 1. The van der Waals surface area contributed by atoms with Crippen molar-refractivity contribution in [1.82, 2.24) is 10.6 Å². The summed E-state index contributed by atoms with van der Waals surface area (Å²) >= 11 is 0. The highest BCUT2D eigenvalue weighted by Gasteiger charge is 2.20. The van der Waals surface area contributed by atoms with Gasteiger partial charge >= 0.3 is 10.1 Å². The van der Waals surface area contributed by atoms with Crippen molar-refractivity contribution in [3.05, 3.63) is 48.0 Å². The molecule has 0 aliphatic carbocycles. The zero-order valence-electron chi connectivity index (χ0n) is 15.1. The summed E-state index contributed by atoms with van der Waals surface area (Å²) in [6.45, 7) is 6.34. The van der Waals surface area contributed by atoms with Gasteiger partial charge in [-0.3, -0.25) is 4.55 Å². The van der Waals surface area contributed by atoms with Gasteiger partial charge in [-0.25, -0.2) is 0 Å². The third kappa shape index (κ3) is 6.46. The van der Waals surface area contributed by atoms with E-state index in [-0.39, 0.29) is 10.6 Å². The van der Waals surface area contributed by atoms with Crippen molar-refractivity contribution in [3.63, 3.8) is 0 Å². The molecule has 2 aromatic rings. The molecule has 0 aromatic heterocycles. The molecule has 9 nitrogen and oxygen atoms in total. The lowest BCUT2D eigenvalue weighted by molar-refractivity contribution is 0.438. The number of rotatable bonds is 4. The first-order valence-electron chi connectivity index (χ1n) is 8.33. The number of benzene rings is 2. The lowest BCUT2D eigenvalue weighted by Gasteiger charge is -2.11. The molecule has 28 heavy (non-hydrogen) atoms. The summed E-state index contributed by atoms with van der Waals surface area (Å²) in [6.07, 6.45) is 0. The Labute approximate surface area is 164 Å². The predicted molar refractivity (Wildman–Crippen MR) is 103 cm³/mol. The maximum atomic E-state index is 12.1. The van der Waals surface area contributed by atoms with Crippen LogP contribution in [0.1, 0.15) is 5.56 Å². The molecule has 0 amide bonds. The van der Waals surface area contributed by atoms with Gasteiger partial charge in [0.2, 0.25) is 0 Å². The van der Waals surface area contributed by atoms with Gasteiger partial charge in [-0.1, -0.05) is 17.7 Å². The molecule has 154 valence electrons. The van der Waals surface area contributed by atoms with E-state index in [4.69, 9.17) is 8.74 Å². The molecule has 11 heteroatoms. The van der Waals surface area contributed by atoms with Crippen LogP contribution in [0.25, 0.3) is 0 Å². The Balaban J connectivity index is 0.000000397. The molecule has 0 unspecified atom stereocenters. The minimum absolute atomic E-state index is 0.111. The summed E-state index contributed by atoms with van der Waals surface area (Å²) in [5.41, 5.74) is 0.859. The molecule has 2 aromatic carbocycles. The summed E-state index contributed by atoms with van der Waals surface area (Å²) in [7, 11) is -8.87. The van der Waals surface area contributed by atoms with E-state index in [2.05, 4.69) is 10.6 Å². The fraction of sp³-hybridized carbons (Fsp3) is 0.294. The molecular formula is C17H22N2O7S2. The number of hydrogen-bond acceptors (Lipinski definition) is 8. The highest BCUT2D eigenvalue weighted by atomic mass is 32.2. The van der Waals surface area contributed by atoms with Gasteiger partial charge in [0, 0.05) is 32.2 Å². The summed E-state index contributed by atoms with van der Waals surface area (Å²) < 4.78 is 60.0. The second-order valence-corrected chi connectivity index (χ2v) is 8.89. The van der Waals surface area contributed by atoms with Crippen LogP contribution in [0, 0.1) is 6.92 Å². The Bertz CT molecular complexity index is 989. The Morgan fingerprint density at radius 3 is 1.89 bits per heavy atom. The van der Waals surface area contributed by atoms with Crippen molar-refractivity contribution in [3.8, 4) is 11.5 Å². The van der Waals surface area contributed by atoms with Crippen molar-refractivity contribution < 1.29 is 30.7 Å². The molecule has 0 atom stereocenters. The Morgan fingerprint density at radius 1 is 0.893 bits per heavy atom. The molecule has 3 rings (SSSR count). The van der Waals surface area contributed by atoms with Crippen LogP contribution in [0.15, 0.2) is 52.3 Å². The predicted octanol–water partition coefficient (Wildman–Crippen LogP) is 0.894. The molecule has 0 bridgehead atoms. The number of aromatic hydroxyl groups is 1. The van der Waals surface area contributed by atoms with Crippen LogP contribution >= 0.6 is 0 Å². The van der Waals surface area contributed by atoms with Crippen molar-refractivity contribution >= 4 is 20.2 Å². The molecule has 1 fully saturated rings. The molecule has 1 heterocycles. The molecular weight excluding hydrogens is 408 g/mol. The van der Waals surface area contributed by atoms with E-state index in [0.29, 0.717) is 0 Å². The van der Waals surface area contributed by atoms with E-state index in [1.54, 1.807) is 19.1 Å². The highest BCUT2D eigenvalue weighted by Crippen LogP contribution is 2.28. The van der Waals surface area contributed by atoms with Gasteiger partial charge in [0.25, 0.3) is 10.1 Å². The van der Waals surface area contributed by atoms with E-state index in [0.717, 1.165) is 49.9 Å². The van der Waals surface area contributed by atoms with Crippen LogP contribution in [0.3, 0.4) is 0 Å². The highest BCUT2D eigenvalue weighted by molar-refractivity contribution is 7.87. The first-order chi connectivity index (χ1) is 13.1. The summed E-state index contributed by atoms with van der Waals surface area (Å²) in [4.78, 5) is -0.955. The molecule has 1 aliphatic heterocycles. The van der Waals surface area contributed by atoms with Gasteiger partial charge in [-0.2, -0.15) is 16.8 Å². The van der Waals surface area contributed by atoms with E-state index in [9.17, 15) is 21.9 Å². The van der Waals surface area contributed by atoms with Crippen molar-refractivity contribution in [1.29, 1.82) is 0 Å². The minimum atomic E-state index is -4.71. The topological polar surface area (TPSA) is 142 Å². The number of hydrogen-bond donors (Lipinski definition) is 4. The first-order valence-corrected chi connectivity index (χ1v) is 11.2. The maximum absolute atomic E-state index is 12.1. The molecule has 0 spiro atoms. The van der Waals surface area contributed by atoms with Crippen LogP contribution in [-0.4, -0.2) is 52.7 Å². The average Bonchev–Trinajstić information content (AvgIpc) is 2.64. The van der Waals surface area contributed by atoms with E-state index >= 15 is 0 Å². The van der Waals surface area contributed by atoms with Crippen molar-refractivity contribution in [2.45, 2.75) is 16.7 Å². The van der Waals surface area contributed by atoms with Gasteiger partial charge in [0.1, 0.15) is 21.3 Å². The quantitative estimate of drug-likeness (QED) is 0.411. The summed E-state index contributed by atoms with van der Waals surface area (Å²) in [6, 6.07) is 8.53. The Hall–Kier alpha value is -2.18. The fourth-order valence-electron chi connectivity index (χ4n) is 2.24. The van der Waals surface area contributed by atoms with Gasteiger partial charge in [0.05, 0.1) is 0 Å². The molecule has 1 aliphatic rings. The summed E-state index contributed by atoms with van der Waals surface area (Å²) in [5, 5.41) is 15.8. The second-order valence-electron chi connectivity index (χ2n) is 5.96. The monoisotopic (exact) mass is 430 g/mol. The molecule has 0 saturated carbocycles.